The van der Waals surface area contributed by atoms with E-state index < -0.39 is 0 Å². The Kier molecular flexibility index (Phi) is 5.39. The Morgan fingerprint density at radius 2 is 2.14 bits per heavy atom. The molecule has 1 aromatic heterocycles. The van der Waals surface area contributed by atoms with E-state index in [4.69, 9.17) is 0 Å². The molecule has 1 fully saturated rings. The SMILES string of the molecule is CCCC1NC(=O)C(C(C)C)N(CCc2ccsc2)C1=O. The van der Waals surface area contributed by atoms with Gasteiger partial charge in [0, 0.05) is 6.54 Å². The highest BCUT2D eigenvalue weighted by atomic mass is 32.1. The van der Waals surface area contributed by atoms with Gasteiger partial charge in [0.15, 0.2) is 0 Å². The van der Waals surface area contributed by atoms with Crippen molar-refractivity contribution in [1.29, 1.82) is 0 Å². The molecule has 0 aliphatic carbocycles. The molecule has 4 nitrogen and oxygen atoms in total. The summed E-state index contributed by atoms with van der Waals surface area (Å²) in [5, 5.41) is 7.03. The van der Waals surface area contributed by atoms with E-state index >= 15 is 0 Å². The van der Waals surface area contributed by atoms with Crippen LogP contribution in [0.15, 0.2) is 16.8 Å². The highest BCUT2D eigenvalue weighted by Gasteiger charge is 2.41. The van der Waals surface area contributed by atoms with Crippen LogP contribution < -0.4 is 5.32 Å². The fourth-order valence-corrected chi connectivity index (χ4v) is 3.58. The predicted octanol–water partition coefficient (Wildman–Crippen LogP) is 2.44. The molecule has 1 aliphatic rings. The summed E-state index contributed by atoms with van der Waals surface area (Å²) in [7, 11) is 0. The third-order valence-electron chi connectivity index (χ3n) is 3.93. The Hall–Kier alpha value is -1.36. The Labute approximate surface area is 130 Å². The number of hydrogen-bond acceptors (Lipinski definition) is 3. The van der Waals surface area contributed by atoms with E-state index in [0.717, 1.165) is 12.8 Å². The van der Waals surface area contributed by atoms with E-state index in [-0.39, 0.29) is 29.8 Å². The lowest BCUT2D eigenvalue weighted by atomic mass is 9.95. The van der Waals surface area contributed by atoms with Crippen LogP contribution in [0.2, 0.25) is 0 Å². The fraction of sp³-hybridized carbons (Fsp3) is 0.625. The fourth-order valence-electron chi connectivity index (χ4n) is 2.88. The maximum Gasteiger partial charge on any atom is 0.245 e. The summed E-state index contributed by atoms with van der Waals surface area (Å²) in [5.41, 5.74) is 1.23. The first-order valence-electron chi connectivity index (χ1n) is 7.66. The summed E-state index contributed by atoms with van der Waals surface area (Å²) < 4.78 is 0. The van der Waals surface area contributed by atoms with E-state index in [2.05, 4.69) is 16.8 Å². The van der Waals surface area contributed by atoms with Crippen molar-refractivity contribution in [2.75, 3.05) is 6.54 Å². The number of rotatable bonds is 6. The zero-order chi connectivity index (χ0) is 15.4. The van der Waals surface area contributed by atoms with Crippen molar-refractivity contribution in [2.45, 2.75) is 52.1 Å². The Balaban J connectivity index is 2.13. The minimum Gasteiger partial charge on any atom is -0.342 e. The standard InChI is InChI=1S/C16H24N2O2S/c1-4-5-13-16(20)18(8-6-12-7-9-21-10-12)14(11(2)3)15(19)17-13/h7,9-11,13-14H,4-6,8H2,1-3H3,(H,17,19). The zero-order valence-corrected chi connectivity index (χ0v) is 13.8. The summed E-state index contributed by atoms with van der Waals surface area (Å²) in [6.45, 7) is 6.64. The van der Waals surface area contributed by atoms with Crippen molar-refractivity contribution >= 4 is 23.2 Å². The van der Waals surface area contributed by atoms with E-state index in [1.165, 1.54) is 5.56 Å². The second-order valence-corrected chi connectivity index (χ2v) is 6.73. The van der Waals surface area contributed by atoms with Gasteiger partial charge in [0.1, 0.15) is 12.1 Å². The van der Waals surface area contributed by atoms with Gasteiger partial charge in [-0.2, -0.15) is 11.3 Å². The molecule has 2 atom stereocenters. The highest BCUT2D eigenvalue weighted by Crippen LogP contribution is 2.20. The van der Waals surface area contributed by atoms with Gasteiger partial charge in [0.2, 0.25) is 11.8 Å². The second kappa shape index (κ2) is 7.07. The van der Waals surface area contributed by atoms with Gasteiger partial charge >= 0.3 is 0 Å². The minimum absolute atomic E-state index is 0.00614. The van der Waals surface area contributed by atoms with Crippen molar-refractivity contribution in [3.63, 3.8) is 0 Å². The van der Waals surface area contributed by atoms with Gasteiger partial charge in [0.25, 0.3) is 0 Å². The van der Waals surface area contributed by atoms with Gasteiger partial charge in [-0.1, -0.05) is 27.2 Å². The van der Waals surface area contributed by atoms with Crippen LogP contribution in [-0.2, 0) is 16.0 Å². The molecule has 0 radical (unpaired) electrons. The highest BCUT2D eigenvalue weighted by molar-refractivity contribution is 7.07. The molecule has 1 aromatic rings. The predicted molar refractivity (Wildman–Crippen MR) is 85.2 cm³/mol. The Morgan fingerprint density at radius 3 is 2.71 bits per heavy atom. The molecule has 1 aliphatic heterocycles. The molecule has 0 saturated carbocycles. The van der Waals surface area contributed by atoms with Crippen LogP contribution in [0.4, 0.5) is 0 Å². The molecule has 1 N–H and O–H groups in total. The van der Waals surface area contributed by atoms with Crippen molar-refractivity contribution in [1.82, 2.24) is 10.2 Å². The van der Waals surface area contributed by atoms with E-state index in [1.807, 2.05) is 26.2 Å². The molecule has 2 heterocycles. The van der Waals surface area contributed by atoms with Gasteiger partial charge in [0.05, 0.1) is 0 Å². The van der Waals surface area contributed by atoms with Crippen LogP contribution in [0, 0.1) is 5.92 Å². The topological polar surface area (TPSA) is 49.4 Å². The van der Waals surface area contributed by atoms with Gasteiger partial charge in [-0.25, -0.2) is 0 Å². The smallest absolute Gasteiger partial charge is 0.245 e. The maximum absolute atomic E-state index is 12.6. The number of hydrogen-bond donors (Lipinski definition) is 1. The number of carbonyl (C=O) groups excluding carboxylic acids is 2. The Bertz CT molecular complexity index is 484. The molecular formula is C16H24N2O2S. The molecular weight excluding hydrogens is 284 g/mol. The normalized spacial score (nSPS) is 22.8. The van der Waals surface area contributed by atoms with Crippen molar-refractivity contribution in [3.8, 4) is 0 Å². The zero-order valence-electron chi connectivity index (χ0n) is 13.0. The van der Waals surface area contributed by atoms with Gasteiger partial charge < -0.3 is 10.2 Å². The largest absolute Gasteiger partial charge is 0.342 e. The molecule has 0 spiro atoms. The summed E-state index contributed by atoms with van der Waals surface area (Å²) in [4.78, 5) is 26.8. The first-order valence-corrected chi connectivity index (χ1v) is 8.60. The Morgan fingerprint density at radius 1 is 1.38 bits per heavy atom. The first-order chi connectivity index (χ1) is 10.0. The number of carbonyl (C=O) groups is 2. The van der Waals surface area contributed by atoms with Crippen molar-refractivity contribution in [2.24, 2.45) is 5.92 Å². The maximum atomic E-state index is 12.6. The van der Waals surface area contributed by atoms with Crippen LogP contribution in [0.3, 0.4) is 0 Å². The third-order valence-corrected chi connectivity index (χ3v) is 4.66. The number of nitrogens with one attached hydrogen (secondary N) is 1. The van der Waals surface area contributed by atoms with Crippen LogP contribution >= 0.6 is 11.3 Å². The van der Waals surface area contributed by atoms with E-state index in [0.29, 0.717) is 13.0 Å². The summed E-state index contributed by atoms with van der Waals surface area (Å²) in [6.07, 6.45) is 2.41. The monoisotopic (exact) mass is 308 g/mol. The van der Waals surface area contributed by atoms with Crippen LogP contribution in [0.25, 0.3) is 0 Å². The lowest BCUT2D eigenvalue weighted by Crippen LogP contribution is -2.65. The second-order valence-electron chi connectivity index (χ2n) is 5.95. The number of piperazine rings is 1. The summed E-state index contributed by atoms with van der Waals surface area (Å²) in [6, 6.07) is 1.39. The first kappa shape index (κ1) is 16.0. The minimum atomic E-state index is -0.347. The van der Waals surface area contributed by atoms with E-state index in [1.54, 1.807) is 16.2 Å². The molecule has 0 bridgehead atoms. The summed E-state index contributed by atoms with van der Waals surface area (Å²) in [5.74, 6) is 0.192. The lowest BCUT2D eigenvalue weighted by molar-refractivity contribution is -0.151. The molecule has 116 valence electrons. The number of amides is 2. The third kappa shape index (κ3) is 3.64. The van der Waals surface area contributed by atoms with E-state index in [9.17, 15) is 9.59 Å². The van der Waals surface area contributed by atoms with Gasteiger partial charge in [-0.3, -0.25) is 9.59 Å². The molecule has 2 amide bonds. The van der Waals surface area contributed by atoms with Crippen molar-refractivity contribution < 1.29 is 9.59 Å². The van der Waals surface area contributed by atoms with Crippen LogP contribution in [0.5, 0.6) is 0 Å². The van der Waals surface area contributed by atoms with Crippen LogP contribution in [0.1, 0.15) is 39.2 Å². The van der Waals surface area contributed by atoms with Crippen LogP contribution in [-0.4, -0.2) is 35.3 Å². The van der Waals surface area contributed by atoms with Crippen molar-refractivity contribution in [3.05, 3.63) is 22.4 Å². The van der Waals surface area contributed by atoms with Gasteiger partial charge in [-0.05, 0) is 41.1 Å². The average molecular weight is 308 g/mol. The van der Waals surface area contributed by atoms with Gasteiger partial charge in [-0.15, -0.1) is 0 Å². The summed E-state index contributed by atoms with van der Waals surface area (Å²) >= 11 is 1.66. The molecule has 0 aromatic carbocycles. The molecule has 21 heavy (non-hydrogen) atoms. The quantitative estimate of drug-likeness (QED) is 0.877. The molecule has 1 saturated heterocycles. The molecule has 2 rings (SSSR count). The average Bonchev–Trinajstić information content (AvgIpc) is 2.93. The number of thiophene rings is 1. The lowest BCUT2D eigenvalue weighted by Gasteiger charge is -2.41. The molecule has 2 unspecified atom stereocenters. The number of nitrogens with zero attached hydrogens (tertiary/aromatic N) is 1. The molecule has 5 heteroatoms.